The van der Waals surface area contributed by atoms with Gasteiger partial charge >= 0.3 is 0 Å². The fraction of sp³-hybridized carbons (Fsp3) is 0.200. The molecule has 2 atom stereocenters. The first-order chi connectivity index (χ1) is 15.8. The fourth-order valence-corrected chi connectivity index (χ4v) is 5.77. The van der Waals surface area contributed by atoms with Crippen LogP contribution in [0.1, 0.15) is 35.8 Å². The maximum Gasteiger partial charge on any atom is 0.131 e. The molecular weight excluding hydrogens is 392 g/mol. The van der Waals surface area contributed by atoms with Crippen molar-refractivity contribution in [1.29, 1.82) is 0 Å². The molecule has 0 aliphatic heterocycles. The molecule has 0 unspecified atom stereocenters. The molecule has 0 fully saturated rings. The van der Waals surface area contributed by atoms with Crippen molar-refractivity contribution < 1.29 is 9.47 Å². The average molecular weight is 419 g/mol. The second kappa shape index (κ2) is 7.56. The minimum absolute atomic E-state index is 0.382. The fourth-order valence-electron chi connectivity index (χ4n) is 5.77. The zero-order chi connectivity index (χ0) is 21.7. The smallest absolute Gasteiger partial charge is 0.131 e. The van der Waals surface area contributed by atoms with E-state index in [0.29, 0.717) is 11.8 Å². The molecular formula is C30H26O2. The van der Waals surface area contributed by atoms with E-state index in [-0.39, 0.29) is 0 Å². The molecule has 2 heteroatoms. The molecule has 4 aromatic rings. The number of hydrogen-bond acceptors (Lipinski definition) is 2. The van der Waals surface area contributed by atoms with Crippen molar-refractivity contribution in [2.45, 2.75) is 24.7 Å². The minimum atomic E-state index is 0.382. The average Bonchev–Trinajstić information content (AvgIpc) is 2.88. The molecule has 0 saturated carbocycles. The minimum Gasteiger partial charge on any atom is -0.496 e. The van der Waals surface area contributed by atoms with E-state index in [9.17, 15) is 0 Å². The molecule has 4 aromatic carbocycles. The van der Waals surface area contributed by atoms with Gasteiger partial charge in [0.15, 0.2) is 0 Å². The van der Waals surface area contributed by atoms with Crippen LogP contribution in [0.4, 0.5) is 0 Å². The van der Waals surface area contributed by atoms with E-state index >= 15 is 0 Å². The predicted molar refractivity (Wildman–Crippen MR) is 132 cm³/mol. The summed E-state index contributed by atoms with van der Waals surface area (Å²) in [5.41, 5.74) is 7.38. The Bertz CT molecular complexity index is 1230. The van der Waals surface area contributed by atoms with Crippen LogP contribution < -0.4 is 9.47 Å². The Kier molecular flexibility index (Phi) is 4.53. The van der Waals surface area contributed by atoms with Gasteiger partial charge in [-0.1, -0.05) is 84.9 Å². The summed E-state index contributed by atoms with van der Waals surface area (Å²) in [6, 6.07) is 25.7. The van der Waals surface area contributed by atoms with Crippen LogP contribution in [0.5, 0.6) is 11.5 Å². The van der Waals surface area contributed by atoms with Gasteiger partial charge in [-0.15, -0.1) is 0 Å². The molecule has 0 N–H and O–H groups in total. The van der Waals surface area contributed by atoms with E-state index in [0.717, 1.165) is 35.1 Å². The van der Waals surface area contributed by atoms with E-state index in [1.165, 1.54) is 33.4 Å². The van der Waals surface area contributed by atoms with Gasteiger partial charge in [-0.2, -0.15) is 0 Å². The van der Waals surface area contributed by atoms with Crippen molar-refractivity contribution in [2.75, 3.05) is 14.2 Å². The number of ether oxygens (including phenoxy) is 2. The molecule has 3 aliphatic rings. The van der Waals surface area contributed by atoms with E-state index < -0.39 is 0 Å². The Balaban J connectivity index is 1.82. The molecule has 158 valence electrons. The molecule has 32 heavy (non-hydrogen) atoms. The number of benzene rings is 4. The molecule has 2 bridgehead atoms. The zero-order valence-corrected chi connectivity index (χ0v) is 18.5. The lowest BCUT2D eigenvalue weighted by atomic mass is 9.69. The van der Waals surface area contributed by atoms with Crippen molar-refractivity contribution in [1.82, 2.24) is 0 Å². The highest BCUT2D eigenvalue weighted by molar-refractivity contribution is 6.12. The molecule has 0 amide bonds. The molecule has 0 radical (unpaired) electrons. The van der Waals surface area contributed by atoms with Gasteiger partial charge in [0.2, 0.25) is 0 Å². The van der Waals surface area contributed by atoms with Crippen molar-refractivity contribution in [2.24, 2.45) is 0 Å². The van der Waals surface area contributed by atoms with Crippen molar-refractivity contribution in [3.8, 4) is 33.8 Å². The highest BCUT2D eigenvalue weighted by Crippen LogP contribution is 2.58. The van der Waals surface area contributed by atoms with E-state index in [2.05, 4.69) is 84.9 Å². The third-order valence-electron chi connectivity index (χ3n) is 7.12. The predicted octanol–water partition coefficient (Wildman–Crippen LogP) is 7.72. The number of hydrogen-bond donors (Lipinski definition) is 0. The van der Waals surface area contributed by atoms with Crippen LogP contribution in [0.2, 0.25) is 0 Å². The summed E-state index contributed by atoms with van der Waals surface area (Å²) in [5.74, 6) is 2.78. The first-order valence-electron chi connectivity index (χ1n) is 11.4. The number of rotatable bonds is 4. The van der Waals surface area contributed by atoms with Crippen LogP contribution in [0.25, 0.3) is 33.0 Å². The first-order valence-corrected chi connectivity index (χ1v) is 11.4. The SMILES string of the molecule is COc1c2c(c(OC)c3c(-c4ccccc4)ccc(-c4ccccc4)c13)[C@@H]1C=C[C@@H]2CC1. The summed E-state index contributed by atoms with van der Waals surface area (Å²) >= 11 is 0. The maximum absolute atomic E-state index is 6.24. The Morgan fingerprint density at radius 3 is 1.31 bits per heavy atom. The van der Waals surface area contributed by atoms with Gasteiger partial charge in [-0.3, -0.25) is 0 Å². The summed E-state index contributed by atoms with van der Waals surface area (Å²) < 4.78 is 12.5. The molecule has 7 rings (SSSR count). The number of fused-ring (bicyclic) bond motifs is 2. The molecule has 2 nitrogen and oxygen atoms in total. The van der Waals surface area contributed by atoms with Gasteiger partial charge in [0.25, 0.3) is 0 Å². The summed E-state index contributed by atoms with van der Waals surface area (Å²) in [6.07, 6.45) is 7.07. The Morgan fingerprint density at radius 2 is 0.969 bits per heavy atom. The third kappa shape index (κ3) is 2.72. The molecule has 0 aromatic heterocycles. The van der Waals surface area contributed by atoms with Gasteiger partial charge in [0.05, 0.1) is 14.2 Å². The quantitative estimate of drug-likeness (QED) is 0.316. The summed E-state index contributed by atoms with van der Waals surface area (Å²) in [6.45, 7) is 0. The van der Waals surface area contributed by atoms with Gasteiger partial charge in [0.1, 0.15) is 11.5 Å². The van der Waals surface area contributed by atoms with Crippen LogP contribution in [-0.4, -0.2) is 14.2 Å². The Hall–Kier alpha value is -3.52. The van der Waals surface area contributed by atoms with E-state index in [4.69, 9.17) is 9.47 Å². The second-order valence-corrected chi connectivity index (χ2v) is 8.71. The standard InChI is InChI=1S/C30H26O2/c1-31-29-25-21-13-15-22(16-14-21)26(25)30(32-2)28-24(20-11-7-4-8-12-20)18-17-23(27(28)29)19-9-5-3-6-10-19/h3-13,15,17-18,21-22H,14,16H2,1-2H3/t21-,22-/m1/s1. The molecule has 0 heterocycles. The highest BCUT2D eigenvalue weighted by atomic mass is 16.5. The van der Waals surface area contributed by atoms with Crippen LogP contribution >= 0.6 is 0 Å². The van der Waals surface area contributed by atoms with E-state index in [1.807, 2.05) is 14.2 Å². The first kappa shape index (κ1) is 19.2. The van der Waals surface area contributed by atoms with Crippen LogP contribution in [0.3, 0.4) is 0 Å². The molecule has 0 spiro atoms. The van der Waals surface area contributed by atoms with Gasteiger partial charge in [-0.05, 0) is 35.1 Å². The highest BCUT2D eigenvalue weighted by Gasteiger charge is 2.37. The lowest BCUT2D eigenvalue weighted by Gasteiger charge is -2.37. The lowest BCUT2D eigenvalue weighted by molar-refractivity contribution is 0.386. The van der Waals surface area contributed by atoms with Crippen LogP contribution in [-0.2, 0) is 0 Å². The second-order valence-electron chi connectivity index (χ2n) is 8.71. The summed E-state index contributed by atoms with van der Waals surface area (Å²) in [4.78, 5) is 0. The van der Waals surface area contributed by atoms with Crippen LogP contribution in [0, 0.1) is 0 Å². The van der Waals surface area contributed by atoms with Crippen molar-refractivity contribution in [3.05, 3.63) is 96.1 Å². The zero-order valence-electron chi connectivity index (χ0n) is 18.5. The van der Waals surface area contributed by atoms with Gasteiger partial charge < -0.3 is 9.47 Å². The van der Waals surface area contributed by atoms with Gasteiger partial charge in [0, 0.05) is 33.7 Å². The maximum atomic E-state index is 6.24. The lowest BCUT2D eigenvalue weighted by Crippen LogP contribution is -2.19. The van der Waals surface area contributed by atoms with Crippen molar-refractivity contribution in [3.63, 3.8) is 0 Å². The monoisotopic (exact) mass is 418 g/mol. The molecule has 0 saturated heterocycles. The third-order valence-corrected chi connectivity index (χ3v) is 7.12. The van der Waals surface area contributed by atoms with Crippen LogP contribution in [0.15, 0.2) is 84.9 Å². The Labute approximate surface area is 189 Å². The van der Waals surface area contributed by atoms with Gasteiger partial charge in [-0.25, -0.2) is 0 Å². The Morgan fingerprint density at radius 1 is 0.562 bits per heavy atom. The van der Waals surface area contributed by atoms with E-state index in [1.54, 1.807) is 0 Å². The van der Waals surface area contributed by atoms with Crippen molar-refractivity contribution >= 4 is 10.8 Å². The summed E-state index contributed by atoms with van der Waals surface area (Å²) in [7, 11) is 3.63. The number of methoxy groups -OCH3 is 2. The topological polar surface area (TPSA) is 18.5 Å². The summed E-state index contributed by atoms with van der Waals surface area (Å²) in [5, 5.41) is 2.30. The normalized spacial score (nSPS) is 18.6. The molecule has 3 aliphatic carbocycles. The largest absolute Gasteiger partial charge is 0.496 e. The number of allylic oxidation sites excluding steroid dienone is 2.